The van der Waals surface area contributed by atoms with E-state index in [2.05, 4.69) is 27.2 Å². The van der Waals surface area contributed by atoms with Gasteiger partial charge >= 0.3 is 0 Å². The van der Waals surface area contributed by atoms with Crippen molar-refractivity contribution < 1.29 is 9.21 Å². The number of rotatable bonds is 4. The average Bonchev–Trinajstić information content (AvgIpc) is 3.34. The van der Waals surface area contributed by atoms with E-state index >= 15 is 0 Å². The second-order valence-corrected chi connectivity index (χ2v) is 6.81. The lowest BCUT2D eigenvalue weighted by molar-refractivity contribution is -0.131. The van der Waals surface area contributed by atoms with E-state index in [0.717, 1.165) is 18.0 Å². The highest BCUT2D eigenvalue weighted by atomic mass is 32.1. The highest BCUT2D eigenvalue weighted by Crippen LogP contribution is 2.23. The predicted molar refractivity (Wildman–Crippen MR) is 96.6 cm³/mol. The number of para-hydroxylation sites is 1. The Labute approximate surface area is 149 Å². The van der Waals surface area contributed by atoms with Crippen LogP contribution in [0.1, 0.15) is 5.89 Å². The first-order valence-corrected chi connectivity index (χ1v) is 9.11. The third kappa shape index (κ3) is 3.56. The molecule has 6 nitrogen and oxygen atoms in total. The molecule has 7 heteroatoms. The van der Waals surface area contributed by atoms with E-state index in [1.54, 1.807) is 0 Å². The molecule has 0 atom stereocenters. The smallest absolute Gasteiger partial charge is 0.257 e. The van der Waals surface area contributed by atoms with Crippen molar-refractivity contribution in [1.82, 2.24) is 15.1 Å². The monoisotopic (exact) mass is 354 g/mol. The van der Waals surface area contributed by atoms with Crippen LogP contribution in [0.5, 0.6) is 0 Å². The Bertz CT molecular complexity index is 824. The number of carbonyl (C=O) groups is 1. The van der Waals surface area contributed by atoms with E-state index in [4.69, 9.17) is 4.42 Å². The van der Waals surface area contributed by atoms with E-state index < -0.39 is 0 Å². The zero-order valence-electron chi connectivity index (χ0n) is 13.7. The molecule has 1 aliphatic heterocycles. The Hall–Kier alpha value is -2.67. The highest BCUT2D eigenvalue weighted by molar-refractivity contribution is 7.13. The lowest BCUT2D eigenvalue weighted by Crippen LogP contribution is -2.49. The van der Waals surface area contributed by atoms with Crippen LogP contribution in [0.2, 0.25) is 0 Å². The quantitative estimate of drug-likeness (QED) is 0.721. The molecule has 25 heavy (non-hydrogen) atoms. The van der Waals surface area contributed by atoms with Crippen LogP contribution in [0.15, 0.2) is 52.3 Å². The third-order valence-electron chi connectivity index (χ3n) is 4.25. The summed E-state index contributed by atoms with van der Waals surface area (Å²) in [7, 11) is 0. The lowest BCUT2D eigenvalue weighted by atomic mass is 10.2. The van der Waals surface area contributed by atoms with Crippen molar-refractivity contribution in [2.24, 2.45) is 0 Å². The van der Waals surface area contributed by atoms with Crippen LogP contribution < -0.4 is 4.90 Å². The van der Waals surface area contributed by atoms with Gasteiger partial charge in [-0.1, -0.05) is 24.3 Å². The van der Waals surface area contributed by atoms with E-state index in [9.17, 15) is 4.79 Å². The second kappa shape index (κ2) is 7.06. The standard InChI is InChI=1S/C18H18N4O2S/c23-17(13-16-19-20-18(24-16)15-7-4-12-25-15)22-10-8-21(9-11-22)14-5-2-1-3-6-14/h1-7,12H,8-11,13H2. The number of nitrogens with zero attached hydrogens (tertiary/aromatic N) is 4. The van der Waals surface area contributed by atoms with E-state index in [1.165, 1.54) is 17.0 Å². The number of amides is 1. The Morgan fingerprint density at radius 3 is 2.56 bits per heavy atom. The average molecular weight is 354 g/mol. The summed E-state index contributed by atoms with van der Waals surface area (Å²) in [5.74, 6) is 0.889. The predicted octanol–water partition coefficient (Wildman–Crippen LogP) is 2.69. The van der Waals surface area contributed by atoms with Crippen molar-refractivity contribution in [3.05, 3.63) is 53.7 Å². The van der Waals surface area contributed by atoms with Gasteiger partial charge in [0.05, 0.1) is 4.88 Å². The molecule has 4 rings (SSSR count). The number of thiophene rings is 1. The number of piperazine rings is 1. The van der Waals surface area contributed by atoms with Crippen LogP contribution in [-0.4, -0.2) is 47.2 Å². The number of hydrogen-bond donors (Lipinski definition) is 0. The second-order valence-electron chi connectivity index (χ2n) is 5.86. The Morgan fingerprint density at radius 1 is 1.04 bits per heavy atom. The van der Waals surface area contributed by atoms with Gasteiger partial charge in [0.2, 0.25) is 11.8 Å². The summed E-state index contributed by atoms with van der Waals surface area (Å²) in [4.78, 5) is 17.6. The van der Waals surface area contributed by atoms with Gasteiger partial charge in [-0.25, -0.2) is 0 Å². The molecule has 2 aromatic heterocycles. The maximum Gasteiger partial charge on any atom is 0.257 e. The number of benzene rings is 1. The van der Waals surface area contributed by atoms with Gasteiger partial charge in [0, 0.05) is 31.9 Å². The summed E-state index contributed by atoms with van der Waals surface area (Å²) in [6.07, 6.45) is 0.156. The molecule has 3 heterocycles. The number of hydrogen-bond acceptors (Lipinski definition) is 6. The normalized spacial score (nSPS) is 14.7. The summed E-state index contributed by atoms with van der Waals surface area (Å²) in [5.41, 5.74) is 1.20. The molecule has 0 aliphatic carbocycles. The number of carbonyl (C=O) groups excluding carboxylic acids is 1. The van der Waals surface area contributed by atoms with Crippen LogP contribution in [-0.2, 0) is 11.2 Å². The molecule has 0 saturated carbocycles. The SMILES string of the molecule is O=C(Cc1nnc(-c2cccs2)o1)N1CCN(c2ccccc2)CC1. The molecule has 0 unspecified atom stereocenters. The topological polar surface area (TPSA) is 62.5 Å². The van der Waals surface area contributed by atoms with Crippen molar-refractivity contribution in [2.75, 3.05) is 31.1 Å². The Morgan fingerprint density at radius 2 is 1.84 bits per heavy atom. The summed E-state index contributed by atoms with van der Waals surface area (Å²) >= 11 is 1.54. The zero-order chi connectivity index (χ0) is 17.1. The largest absolute Gasteiger partial charge is 0.419 e. The third-order valence-corrected chi connectivity index (χ3v) is 5.11. The minimum atomic E-state index is 0.0362. The summed E-state index contributed by atoms with van der Waals surface area (Å²) in [5, 5.41) is 9.98. The maximum absolute atomic E-state index is 12.5. The molecule has 128 valence electrons. The van der Waals surface area contributed by atoms with Gasteiger partial charge in [-0.2, -0.15) is 0 Å². The van der Waals surface area contributed by atoms with Crippen molar-refractivity contribution in [3.63, 3.8) is 0 Å². The first-order chi connectivity index (χ1) is 12.3. The van der Waals surface area contributed by atoms with Gasteiger partial charge in [0.15, 0.2) is 0 Å². The van der Waals surface area contributed by atoms with Crippen molar-refractivity contribution in [1.29, 1.82) is 0 Å². The molecule has 1 fully saturated rings. The van der Waals surface area contributed by atoms with Gasteiger partial charge in [0.25, 0.3) is 5.89 Å². The van der Waals surface area contributed by atoms with Crippen LogP contribution in [0.3, 0.4) is 0 Å². The summed E-state index contributed by atoms with van der Waals surface area (Å²) < 4.78 is 5.61. The van der Waals surface area contributed by atoms with Crippen LogP contribution in [0.25, 0.3) is 10.8 Å². The van der Waals surface area contributed by atoms with Gasteiger partial charge in [0.1, 0.15) is 6.42 Å². The van der Waals surface area contributed by atoms with Crippen LogP contribution in [0.4, 0.5) is 5.69 Å². The molecule has 1 aromatic carbocycles. The van der Waals surface area contributed by atoms with Crippen LogP contribution >= 0.6 is 11.3 Å². The molecule has 0 radical (unpaired) electrons. The van der Waals surface area contributed by atoms with Crippen molar-refractivity contribution >= 4 is 22.9 Å². The minimum absolute atomic E-state index is 0.0362. The molecular formula is C18H18N4O2S. The molecule has 0 bridgehead atoms. The Balaban J connectivity index is 1.34. The van der Waals surface area contributed by atoms with Gasteiger partial charge in [-0.3, -0.25) is 4.79 Å². The minimum Gasteiger partial charge on any atom is -0.419 e. The van der Waals surface area contributed by atoms with E-state index in [1.807, 2.05) is 40.6 Å². The fraction of sp³-hybridized carbons (Fsp3) is 0.278. The van der Waals surface area contributed by atoms with Gasteiger partial charge in [-0.15, -0.1) is 21.5 Å². The molecule has 0 N–H and O–H groups in total. The first-order valence-electron chi connectivity index (χ1n) is 8.23. The molecule has 3 aromatic rings. The molecular weight excluding hydrogens is 336 g/mol. The van der Waals surface area contributed by atoms with Crippen molar-refractivity contribution in [2.45, 2.75) is 6.42 Å². The number of aromatic nitrogens is 2. The van der Waals surface area contributed by atoms with Crippen LogP contribution in [0, 0.1) is 0 Å². The zero-order valence-corrected chi connectivity index (χ0v) is 14.5. The lowest BCUT2D eigenvalue weighted by Gasteiger charge is -2.36. The molecule has 0 spiro atoms. The van der Waals surface area contributed by atoms with E-state index in [0.29, 0.717) is 24.9 Å². The summed E-state index contributed by atoms with van der Waals surface area (Å²) in [6, 6.07) is 14.1. The molecule has 1 saturated heterocycles. The van der Waals surface area contributed by atoms with Gasteiger partial charge in [-0.05, 0) is 23.6 Å². The Kier molecular flexibility index (Phi) is 4.47. The maximum atomic E-state index is 12.5. The first kappa shape index (κ1) is 15.8. The number of anilines is 1. The summed E-state index contributed by atoms with van der Waals surface area (Å²) in [6.45, 7) is 3.08. The fourth-order valence-electron chi connectivity index (χ4n) is 2.92. The highest BCUT2D eigenvalue weighted by Gasteiger charge is 2.23. The van der Waals surface area contributed by atoms with Gasteiger partial charge < -0.3 is 14.2 Å². The molecule has 1 amide bonds. The van der Waals surface area contributed by atoms with E-state index in [-0.39, 0.29) is 12.3 Å². The van der Waals surface area contributed by atoms with Crippen molar-refractivity contribution in [3.8, 4) is 10.8 Å². The molecule has 1 aliphatic rings. The fourth-order valence-corrected chi connectivity index (χ4v) is 3.56.